The van der Waals surface area contributed by atoms with E-state index in [9.17, 15) is 5.26 Å². The van der Waals surface area contributed by atoms with Gasteiger partial charge in [-0.1, -0.05) is 24.3 Å². The van der Waals surface area contributed by atoms with Crippen molar-refractivity contribution in [1.29, 1.82) is 5.26 Å². The van der Waals surface area contributed by atoms with E-state index in [1.165, 1.54) is 16.7 Å². The van der Waals surface area contributed by atoms with Gasteiger partial charge in [-0.3, -0.25) is 4.90 Å². The van der Waals surface area contributed by atoms with Crippen LogP contribution in [0.2, 0.25) is 0 Å². The zero-order chi connectivity index (χ0) is 14.4. The Morgan fingerprint density at radius 3 is 2.90 bits per heavy atom. The second-order valence-electron chi connectivity index (χ2n) is 6.59. The molecule has 1 saturated carbocycles. The fraction of sp³-hybridized carbons (Fsp3) is 0.500. The molecule has 3 aliphatic rings. The molecule has 4 rings (SSSR count). The zero-order valence-corrected chi connectivity index (χ0v) is 12.4. The maximum absolute atomic E-state index is 9.39. The third kappa shape index (κ3) is 2.10. The van der Waals surface area contributed by atoms with E-state index in [0.717, 1.165) is 32.5 Å². The number of hydrogen-bond donors (Lipinski definition) is 0. The molecule has 0 spiro atoms. The molecular formula is C18H20N2O. The third-order valence-electron chi connectivity index (χ3n) is 5.30. The summed E-state index contributed by atoms with van der Waals surface area (Å²) in [5.41, 5.74) is 3.71. The van der Waals surface area contributed by atoms with Gasteiger partial charge in [-0.15, -0.1) is 0 Å². The fourth-order valence-electron chi connectivity index (χ4n) is 3.57. The Kier molecular flexibility index (Phi) is 2.92. The van der Waals surface area contributed by atoms with Crippen molar-refractivity contribution in [1.82, 2.24) is 4.90 Å². The minimum Gasteiger partial charge on any atom is -0.378 e. The lowest BCUT2D eigenvalue weighted by Gasteiger charge is -2.42. The quantitative estimate of drug-likeness (QED) is 0.835. The smallest absolute Gasteiger partial charge is 0.0824 e. The van der Waals surface area contributed by atoms with Crippen LogP contribution in [0, 0.1) is 11.3 Å². The van der Waals surface area contributed by atoms with Crippen LogP contribution in [0.4, 0.5) is 0 Å². The van der Waals surface area contributed by atoms with Crippen LogP contribution < -0.4 is 0 Å². The molecule has 2 aliphatic heterocycles. The van der Waals surface area contributed by atoms with Crippen LogP contribution in [0.15, 0.2) is 30.3 Å². The Morgan fingerprint density at radius 1 is 1.33 bits per heavy atom. The normalized spacial score (nSPS) is 30.4. The van der Waals surface area contributed by atoms with Crippen molar-refractivity contribution in [2.24, 2.45) is 0 Å². The summed E-state index contributed by atoms with van der Waals surface area (Å²) in [6.45, 7) is 1.62. The van der Waals surface area contributed by atoms with Gasteiger partial charge in [-0.25, -0.2) is 0 Å². The molecule has 108 valence electrons. The Hall–Kier alpha value is -1.63. The van der Waals surface area contributed by atoms with Gasteiger partial charge in [0.15, 0.2) is 0 Å². The summed E-state index contributed by atoms with van der Waals surface area (Å²) in [4.78, 5) is 2.43. The second kappa shape index (κ2) is 4.69. The van der Waals surface area contributed by atoms with E-state index >= 15 is 0 Å². The predicted octanol–water partition coefficient (Wildman–Crippen LogP) is 2.73. The van der Waals surface area contributed by atoms with Gasteiger partial charge >= 0.3 is 0 Å². The SMILES string of the molecule is CN1C2C=C(c3cccc(C4(C#N)CC4)c3)CC1COC2. The van der Waals surface area contributed by atoms with Crippen LogP contribution in [0.5, 0.6) is 0 Å². The highest BCUT2D eigenvalue weighted by Crippen LogP contribution is 2.48. The van der Waals surface area contributed by atoms with Crippen LogP contribution >= 0.6 is 0 Å². The molecule has 3 nitrogen and oxygen atoms in total. The summed E-state index contributed by atoms with van der Waals surface area (Å²) in [7, 11) is 2.19. The number of nitriles is 1. The van der Waals surface area contributed by atoms with Gasteiger partial charge in [0.05, 0.1) is 30.7 Å². The molecule has 2 heterocycles. The minimum absolute atomic E-state index is 0.193. The number of benzene rings is 1. The number of nitrogens with zero attached hydrogens (tertiary/aromatic N) is 2. The van der Waals surface area contributed by atoms with Crippen molar-refractivity contribution in [2.75, 3.05) is 20.3 Å². The van der Waals surface area contributed by atoms with Crippen molar-refractivity contribution in [3.8, 4) is 6.07 Å². The monoisotopic (exact) mass is 280 g/mol. The fourth-order valence-corrected chi connectivity index (χ4v) is 3.57. The summed E-state index contributed by atoms with van der Waals surface area (Å²) in [6.07, 6.45) is 5.40. The standard InChI is InChI=1S/C18H20N2O/c1-20-16-8-14(9-17(20)11-21-10-16)13-3-2-4-15(7-13)18(12-19)5-6-18/h2-4,7-8,16-17H,5-6,9-11H2,1H3. The predicted molar refractivity (Wildman–Crippen MR) is 81.7 cm³/mol. The molecule has 2 fully saturated rings. The maximum atomic E-state index is 9.39. The average Bonchev–Trinajstić information content (AvgIpc) is 3.28. The van der Waals surface area contributed by atoms with Gasteiger partial charge in [0.1, 0.15) is 0 Å². The molecule has 1 aromatic rings. The number of rotatable bonds is 2. The van der Waals surface area contributed by atoms with Gasteiger partial charge < -0.3 is 4.74 Å². The maximum Gasteiger partial charge on any atom is 0.0824 e. The van der Waals surface area contributed by atoms with Crippen LogP contribution in [0.1, 0.15) is 30.4 Å². The molecular weight excluding hydrogens is 260 g/mol. The largest absolute Gasteiger partial charge is 0.378 e. The van der Waals surface area contributed by atoms with Crippen LogP contribution in [-0.4, -0.2) is 37.2 Å². The van der Waals surface area contributed by atoms with Crippen LogP contribution in [-0.2, 0) is 10.2 Å². The van der Waals surface area contributed by atoms with E-state index in [4.69, 9.17) is 4.74 Å². The summed E-state index contributed by atoms with van der Waals surface area (Å²) in [5.74, 6) is 0. The van der Waals surface area contributed by atoms with Crippen molar-refractivity contribution < 1.29 is 4.74 Å². The Balaban J connectivity index is 1.68. The van der Waals surface area contributed by atoms with Gasteiger partial charge in [0.25, 0.3) is 0 Å². The van der Waals surface area contributed by atoms with Crippen molar-refractivity contribution >= 4 is 5.57 Å². The highest BCUT2D eigenvalue weighted by atomic mass is 16.5. The number of morpholine rings is 1. The average molecular weight is 280 g/mol. The molecule has 2 unspecified atom stereocenters. The summed E-state index contributed by atoms with van der Waals surface area (Å²) in [5, 5.41) is 9.39. The summed E-state index contributed by atoms with van der Waals surface area (Å²) >= 11 is 0. The Morgan fingerprint density at radius 2 is 2.19 bits per heavy atom. The summed E-state index contributed by atoms with van der Waals surface area (Å²) in [6, 6.07) is 12.0. The molecule has 1 aromatic carbocycles. The first-order chi connectivity index (χ1) is 10.2. The Labute approximate surface area is 125 Å². The molecule has 0 aromatic heterocycles. The van der Waals surface area contributed by atoms with Crippen molar-refractivity contribution in [2.45, 2.75) is 36.8 Å². The number of hydrogen-bond acceptors (Lipinski definition) is 3. The third-order valence-corrected chi connectivity index (χ3v) is 5.30. The topological polar surface area (TPSA) is 36.3 Å². The van der Waals surface area contributed by atoms with E-state index in [2.05, 4.69) is 48.4 Å². The molecule has 0 N–H and O–H groups in total. The molecule has 21 heavy (non-hydrogen) atoms. The first kappa shape index (κ1) is 13.1. The molecule has 3 heteroatoms. The van der Waals surface area contributed by atoms with Gasteiger partial charge in [0, 0.05) is 6.04 Å². The highest BCUT2D eigenvalue weighted by molar-refractivity contribution is 5.69. The van der Waals surface area contributed by atoms with Gasteiger partial charge in [0.2, 0.25) is 0 Å². The number of ether oxygens (including phenoxy) is 1. The first-order valence-corrected chi connectivity index (χ1v) is 7.74. The van der Waals surface area contributed by atoms with Gasteiger partial charge in [-0.2, -0.15) is 5.26 Å². The Bertz CT molecular complexity index is 639. The molecule has 0 amide bonds. The van der Waals surface area contributed by atoms with E-state index < -0.39 is 0 Å². The molecule has 2 atom stereocenters. The van der Waals surface area contributed by atoms with Crippen molar-refractivity contribution in [3.05, 3.63) is 41.5 Å². The lowest BCUT2D eigenvalue weighted by Crippen LogP contribution is -2.51. The lowest BCUT2D eigenvalue weighted by atomic mass is 9.87. The lowest BCUT2D eigenvalue weighted by molar-refractivity contribution is -0.0221. The van der Waals surface area contributed by atoms with E-state index in [0.29, 0.717) is 12.1 Å². The first-order valence-electron chi connectivity index (χ1n) is 7.74. The molecule has 2 bridgehead atoms. The molecule has 1 aliphatic carbocycles. The second-order valence-corrected chi connectivity index (χ2v) is 6.59. The molecule has 0 radical (unpaired) electrons. The van der Waals surface area contributed by atoms with Crippen molar-refractivity contribution in [3.63, 3.8) is 0 Å². The zero-order valence-electron chi connectivity index (χ0n) is 12.4. The summed E-state index contributed by atoms with van der Waals surface area (Å²) < 4.78 is 5.67. The highest BCUT2D eigenvalue weighted by Gasteiger charge is 2.45. The number of likely N-dealkylation sites (N-methyl/N-ethyl adjacent to an activating group) is 1. The number of fused-ring (bicyclic) bond motifs is 2. The van der Waals surface area contributed by atoms with E-state index in [1.54, 1.807) is 0 Å². The van der Waals surface area contributed by atoms with Gasteiger partial charge in [-0.05, 0) is 49.1 Å². The van der Waals surface area contributed by atoms with Crippen LogP contribution in [0.25, 0.3) is 5.57 Å². The van der Waals surface area contributed by atoms with E-state index in [-0.39, 0.29) is 5.41 Å². The minimum atomic E-state index is -0.193. The van der Waals surface area contributed by atoms with Crippen LogP contribution in [0.3, 0.4) is 0 Å². The molecule has 1 saturated heterocycles. The van der Waals surface area contributed by atoms with E-state index in [1.807, 2.05) is 0 Å².